The van der Waals surface area contributed by atoms with Gasteiger partial charge in [-0.1, -0.05) is 0 Å². The van der Waals surface area contributed by atoms with Gasteiger partial charge in [-0.2, -0.15) is 0 Å². The summed E-state index contributed by atoms with van der Waals surface area (Å²) in [5, 5.41) is 11.3. The van der Waals surface area contributed by atoms with E-state index in [1.165, 1.54) is 12.0 Å². The smallest absolute Gasteiger partial charge is 0.328 e. The van der Waals surface area contributed by atoms with Crippen LogP contribution in [0.4, 0.5) is 4.79 Å². The van der Waals surface area contributed by atoms with Crippen LogP contribution in [-0.2, 0) is 14.3 Å². The quantitative estimate of drug-likeness (QED) is 0.709. The number of hydrogen-bond donors (Lipinski definition) is 2. The highest BCUT2D eigenvalue weighted by molar-refractivity contribution is 5.84. The molecule has 0 radical (unpaired) electrons. The van der Waals surface area contributed by atoms with Crippen LogP contribution in [0, 0.1) is 0 Å². The maximum Gasteiger partial charge on any atom is 0.328 e. The standard InChI is InChI=1S/C13H22N2O5/c1-9(5-3-7-11(16)17)14-13(19)15-8-4-6-10(15)12(18)20-2/h9-10H,3-8H2,1-2H3,(H,14,19)(H,16,17). The summed E-state index contributed by atoms with van der Waals surface area (Å²) in [5.41, 5.74) is 0. The van der Waals surface area contributed by atoms with Gasteiger partial charge in [-0.3, -0.25) is 4.79 Å². The molecule has 2 amide bonds. The van der Waals surface area contributed by atoms with Crippen molar-refractivity contribution < 1.29 is 24.2 Å². The van der Waals surface area contributed by atoms with Crippen molar-refractivity contribution in [2.75, 3.05) is 13.7 Å². The SMILES string of the molecule is COC(=O)C1CCCN1C(=O)NC(C)CCCC(=O)O. The Morgan fingerprint density at radius 1 is 1.45 bits per heavy atom. The zero-order valence-corrected chi connectivity index (χ0v) is 11.9. The van der Waals surface area contributed by atoms with Gasteiger partial charge in [0.15, 0.2) is 0 Å². The molecule has 1 fully saturated rings. The molecule has 1 aliphatic heterocycles. The van der Waals surface area contributed by atoms with Crippen molar-refractivity contribution in [3.8, 4) is 0 Å². The van der Waals surface area contributed by atoms with Crippen molar-refractivity contribution in [2.24, 2.45) is 0 Å². The Morgan fingerprint density at radius 2 is 2.15 bits per heavy atom. The Kier molecular flexibility index (Phi) is 6.27. The number of aliphatic carboxylic acids is 1. The van der Waals surface area contributed by atoms with Gasteiger partial charge in [0.1, 0.15) is 6.04 Å². The average Bonchev–Trinajstić information content (AvgIpc) is 2.86. The zero-order valence-electron chi connectivity index (χ0n) is 11.9. The summed E-state index contributed by atoms with van der Waals surface area (Å²) in [6.07, 6.45) is 2.59. The van der Waals surface area contributed by atoms with E-state index >= 15 is 0 Å². The summed E-state index contributed by atoms with van der Waals surface area (Å²) in [4.78, 5) is 35.5. The molecule has 0 aliphatic carbocycles. The molecule has 7 heteroatoms. The Hall–Kier alpha value is -1.79. The third kappa shape index (κ3) is 4.71. The summed E-state index contributed by atoms with van der Waals surface area (Å²) in [5.74, 6) is -1.23. The summed E-state index contributed by atoms with van der Waals surface area (Å²) < 4.78 is 4.68. The van der Waals surface area contributed by atoms with Crippen LogP contribution in [0.25, 0.3) is 0 Å². The largest absolute Gasteiger partial charge is 0.481 e. The van der Waals surface area contributed by atoms with E-state index in [9.17, 15) is 14.4 Å². The lowest BCUT2D eigenvalue weighted by Crippen LogP contribution is -2.48. The molecule has 2 N–H and O–H groups in total. The van der Waals surface area contributed by atoms with Gasteiger partial charge in [-0.25, -0.2) is 9.59 Å². The van der Waals surface area contributed by atoms with Crippen molar-refractivity contribution in [2.45, 2.75) is 51.1 Å². The summed E-state index contributed by atoms with van der Waals surface area (Å²) in [6, 6.07) is -0.923. The first-order valence-corrected chi connectivity index (χ1v) is 6.82. The molecule has 2 atom stereocenters. The molecule has 0 aromatic heterocycles. The number of hydrogen-bond acceptors (Lipinski definition) is 4. The van der Waals surface area contributed by atoms with E-state index in [2.05, 4.69) is 10.1 Å². The van der Waals surface area contributed by atoms with Crippen molar-refractivity contribution in [3.05, 3.63) is 0 Å². The molecule has 0 aromatic rings. The predicted octanol–water partition coefficient (Wildman–Crippen LogP) is 0.977. The molecule has 1 heterocycles. The van der Waals surface area contributed by atoms with Gasteiger partial charge in [0, 0.05) is 19.0 Å². The number of amides is 2. The third-order valence-corrected chi connectivity index (χ3v) is 3.38. The molecule has 114 valence electrons. The fourth-order valence-corrected chi connectivity index (χ4v) is 2.32. The van der Waals surface area contributed by atoms with Gasteiger partial charge in [0.05, 0.1) is 7.11 Å². The maximum atomic E-state index is 12.1. The number of rotatable bonds is 6. The van der Waals surface area contributed by atoms with Crippen LogP contribution >= 0.6 is 0 Å². The summed E-state index contributed by atoms with van der Waals surface area (Å²) in [7, 11) is 1.31. The minimum atomic E-state index is -0.839. The highest BCUT2D eigenvalue weighted by Gasteiger charge is 2.35. The Balaban J connectivity index is 2.41. The fraction of sp³-hybridized carbons (Fsp3) is 0.769. The highest BCUT2D eigenvalue weighted by atomic mass is 16.5. The van der Waals surface area contributed by atoms with Crippen molar-refractivity contribution in [1.29, 1.82) is 0 Å². The number of nitrogens with zero attached hydrogens (tertiary/aromatic N) is 1. The first-order valence-electron chi connectivity index (χ1n) is 6.82. The second-order valence-electron chi connectivity index (χ2n) is 5.01. The number of likely N-dealkylation sites (tertiary alicyclic amines) is 1. The molecule has 20 heavy (non-hydrogen) atoms. The van der Waals surface area contributed by atoms with E-state index in [0.29, 0.717) is 25.8 Å². The Bertz CT molecular complexity index is 372. The third-order valence-electron chi connectivity index (χ3n) is 3.38. The minimum absolute atomic E-state index is 0.0920. The first-order chi connectivity index (χ1) is 9.45. The monoisotopic (exact) mass is 286 g/mol. The summed E-state index contributed by atoms with van der Waals surface area (Å²) >= 11 is 0. The number of urea groups is 1. The van der Waals surface area contributed by atoms with Crippen LogP contribution in [0.3, 0.4) is 0 Å². The van der Waals surface area contributed by atoms with Crippen LogP contribution in [-0.4, -0.2) is 53.7 Å². The van der Waals surface area contributed by atoms with Gasteiger partial charge in [-0.05, 0) is 32.6 Å². The first kappa shape index (κ1) is 16.3. The lowest BCUT2D eigenvalue weighted by Gasteiger charge is -2.25. The number of ether oxygens (including phenoxy) is 1. The molecule has 7 nitrogen and oxygen atoms in total. The second kappa shape index (κ2) is 7.72. The summed E-state index contributed by atoms with van der Waals surface area (Å²) in [6.45, 7) is 2.36. The van der Waals surface area contributed by atoms with Crippen LogP contribution in [0.2, 0.25) is 0 Å². The van der Waals surface area contributed by atoms with E-state index in [4.69, 9.17) is 5.11 Å². The molecular formula is C13H22N2O5. The fourth-order valence-electron chi connectivity index (χ4n) is 2.32. The molecule has 2 unspecified atom stereocenters. The van der Waals surface area contributed by atoms with E-state index in [0.717, 1.165) is 6.42 Å². The van der Waals surface area contributed by atoms with E-state index in [1.54, 1.807) is 0 Å². The van der Waals surface area contributed by atoms with Crippen LogP contribution in [0.5, 0.6) is 0 Å². The molecule has 0 bridgehead atoms. The van der Waals surface area contributed by atoms with Crippen molar-refractivity contribution in [3.63, 3.8) is 0 Å². The van der Waals surface area contributed by atoms with Crippen LogP contribution in [0.15, 0.2) is 0 Å². The highest BCUT2D eigenvalue weighted by Crippen LogP contribution is 2.18. The van der Waals surface area contributed by atoms with Gasteiger partial charge >= 0.3 is 18.0 Å². The predicted molar refractivity (Wildman–Crippen MR) is 71.2 cm³/mol. The van der Waals surface area contributed by atoms with E-state index in [1.807, 2.05) is 6.92 Å². The Morgan fingerprint density at radius 3 is 2.75 bits per heavy atom. The number of carbonyl (C=O) groups excluding carboxylic acids is 2. The van der Waals surface area contributed by atoms with Gasteiger partial charge < -0.3 is 20.1 Å². The van der Waals surface area contributed by atoms with E-state index in [-0.39, 0.29) is 18.5 Å². The second-order valence-corrected chi connectivity index (χ2v) is 5.01. The molecule has 1 saturated heterocycles. The molecule has 1 aliphatic rings. The van der Waals surface area contributed by atoms with Gasteiger partial charge in [0.25, 0.3) is 0 Å². The molecule has 0 spiro atoms. The molecule has 0 aromatic carbocycles. The number of esters is 1. The Labute approximate surface area is 118 Å². The lowest BCUT2D eigenvalue weighted by molar-refractivity contribution is -0.145. The van der Waals surface area contributed by atoms with E-state index < -0.39 is 18.0 Å². The molecule has 0 saturated carbocycles. The molecule has 1 rings (SSSR count). The van der Waals surface area contributed by atoms with Crippen LogP contribution in [0.1, 0.15) is 39.0 Å². The average molecular weight is 286 g/mol. The number of carbonyl (C=O) groups is 3. The van der Waals surface area contributed by atoms with Crippen molar-refractivity contribution >= 4 is 18.0 Å². The van der Waals surface area contributed by atoms with Gasteiger partial charge in [0.2, 0.25) is 0 Å². The number of methoxy groups -OCH3 is 1. The number of carboxylic acids is 1. The zero-order chi connectivity index (χ0) is 15.1. The van der Waals surface area contributed by atoms with Gasteiger partial charge in [-0.15, -0.1) is 0 Å². The minimum Gasteiger partial charge on any atom is -0.481 e. The van der Waals surface area contributed by atoms with Crippen LogP contribution < -0.4 is 5.32 Å². The normalized spacial score (nSPS) is 19.5. The van der Waals surface area contributed by atoms with Crippen molar-refractivity contribution in [1.82, 2.24) is 10.2 Å². The maximum absolute atomic E-state index is 12.1. The molecular weight excluding hydrogens is 264 g/mol. The number of carboxylic acid groups (broad SMARTS) is 1. The lowest BCUT2D eigenvalue weighted by atomic mass is 10.1. The topological polar surface area (TPSA) is 95.9 Å². The number of nitrogens with one attached hydrogen (secondary N) is 1.